The Morgan fingerprint density at radius 2 is 1.05 bits per heavy atom. The maximum Gasteiger partial charge on any atom is 0 e. The van der Waals surface area contributed by atoms with E-state index in [9.17, 15) is 0 Å². The Labute approximate surface area is 408 Å². The van der Waals surface area contributed by atoms with E-state index in [1.54, 1.807) is 18.8 Å². The van der Waals surface area contributed by atoms with E-state index in [1.165, 1.54) is 0 Å². The number of hydrogen-bond acceptors (Lipinski definition) is 0. The molecular formula is H14AgAlAuBeCoCrCuFeIrLiMoNiOsPdPtRhSbSnTeTiVZn+. The molecule has 0 saturated heterocycles. The molecule has 163 valence electrons. The van der Waals surface area contributed by atoms with Crippen LogP contribution in [0.4, 0.5) is 0 Å². The van der Waals surface area contributed by atoms with Crippen molar-refractivity contribution in [3.63, 3.8) is 0 Å². The smallest absolute Gasteiger partial charge is 0 e. The summed E-state index contributed by atoms with van der Waals surface area (Å²) in [6.45, 7) is 0. The molecule has 0 fully saturated rings. The van der Waals surface area contributed by atoms with Gasteiger partial charge in [0.25, 0.3) is 0 Å². The van der Waals surface area contributed by atoms with E-state index >= 15 is 0 Å². The molecule has 0 atom stereocenters. The van der Waals surface area contributed by atoms with E-state index in [0.717, 1.165) is 0 Å². The van der Waals surface area contributed by atoms with Crippen molar-refractivity contribution in [1.82, 2.24) is 0 Å². The van der Waals surface area contributed by atoms with Gasteiger partial charge in [-0.05, 0) is 0 Å². The SMILES string of the molecule is [Ag].[AlH3].[BeH2].[Co].[Cr].[Cu].[Fe].[Ir].[LiH].[Mo].[Ni].[Os].[Pd].[Pt].[Rh].[SbH3].[SnH4].[TeH+][Au].[Ti].[V].[Zn]. The predicted octanol–water partition coefficient (Wildman–Crippen LogP) is -6.07. The summed E-state index contributed by atoms with van der Waals surface area (Å²) in [6, 6.07) is 0. The molecule has 0 bridgehead atoms. The van der Waals surface area contributed by atoms with Crippen LogP contribution >= 0.6 is 0 Å². The van der Waals surface area contributed by atoms with Crippen LogP contribution in [0.2, 0.25) is 0 Å². The van der Waals surface area contributed by atoms with Gasteiger partial charge in [0.15, 0.2) is 17.4 Å². The zero-order valence-electron chi connectivity index (χ0n) is 7.19. The number of rotatable bonds is 0. The Morgan fingerprint density at radius 1 is 1.05 bits per heavy atom. The molecule has 0 aromatic rings. The quantitative estimate of drug-likeness (QED) is 0.213. The van der Waals surface area contributed by atoms with Crippen molar-refractivity contribution in [2.45, 2.75) is 0 Å². The molecule has 0 amide bonds. The van der Waals surface area contributed by atoms with Crippen molar-refractivity contribution < 1.29 is 306 Å². The summed E-state index contributed by atoms with van der Waals surface area (Å²) in [5.74, 6) is 0. The van der Waals surface area contributed by atoms with Crippen LogP contribution in [-0.4, -0.2) is 113 Å². The fourth-order valence-corrected chi connectivity index (χ4v) is 0. The molecule has 0 saturated carbocycles. The average Bonchev–Trinajstić information content (AvgIpc) is 1.00. The van der Waals surface area contributed by atoms with Crippen LogP contribution in [0.3, 0.4) is 0 Å². The molecule has 0 aliphatic rings. The normalized spacial score (nSPS) is 0.318. The monoisotopic (exact) mass is 2070 g/mol. The van der Waals surface area contributed by atoms with Gasteiger partial charge in [0, 0.05) is 289 Å². The van der Waals surface area contributed by atoms with Gasteiger partial charge in [0.05, 0.1) is 0 Å². The molecule has 0 spiro atoms. The first-order chi connectivity index (χ1) is 1.00. The maximum absolute atomic E-state index is 2.33. The van der Waals surface area contributed by atoms with Crippen molar-refractivity contribution >= 4 is 113 Å². The Balaban J connectivity index is -0.0000000000263. The molecule has 0 rings (SSSR count). The predicted molar refractivity (Wildman–Crippen MR) is 54.1 cm³/mol. The minimum atomic E-state index is 0. The van der Waals surface area contributed by atoms with Crippen molar-refractivity contribution in [3.05, 3.63) is 0 Å². The molecule has 0 unspecified atom stereocenters. The average molecular weight is 2070 g/mol. The van der Waals surface area contributed by atoms with E-state index in [0.29, 0.717) is 0 Å². The summed E-state index contributed by atoms with van der Waals surface area (Å²) in [4.78, 5) is 0. The first-order valence-corrected chi connectivity index (χ1v) is 7.40. The molecular weight excluding hydrogens is 2050 g/mol. The summed E-state index contributed by atoms with van der Waals surface area (Å²) in [6.07, 6.45) is 0. The van der Waals surface area contributed by atoms with Crippen molar-refractivity contribution in [2.75, 3.05) is 0 Å². The van der Waals surface area contributed by atoms with Gasteiger partial charge >= 0.3 is 113 Å². The van der Waals surface area contributed by atoms with Gasteiger partial charge < -0.3 is 0 Å². The van der Waals surface area contributed by atoms with Crippen molar-refractivity contribution in [1.29, 1.82) is 0 Å². The Morgan fingerprint density at radius 3 is 1.05 bits per heavy atom. The third-order valence-corrected chi connectivity index (χ3v) is 0. The van der Waals surface area contributed by atoms with Gasteiger partial charge in [0.1, 0.15) is 0 Å². The van der Waals surface area contributed by atoms with Crippen molar-refractivity contribution in [3.8, 4) is 0 Å². The first kappa shape index (κ1) is 200. The molecule has 22 heavy (non-hydrogen) atoms. The second kappa shape index (κ2) is 211. The standard InChI is InChI=1S/Ag.Al.Au.Be.Co.Cr.Cu.Fe.Ir.Li.Mo.Ni.Os.Pd.Pt.Rh.Sb.Sn.H2Te.Ti.V.Zn.13H/h;;;;;;;;;;;;;;;;;;1H2;;;;;;;;;;;;;;;;/q;;+2;;;;;;;;;;;;;;;;;;;;;;;;;;;;;;;;/p-1. The molecule has 7 radical (unpaired) electrons. The van der Waals surface area contributed by atoms with Crippen LogP contribution in [0.25, 0.3) is 0 Å². The fourth-order valence-electron chi connectivity index (χ4n) is 0. The minimum absolute atomic E-state index is 0. The molecule has 0 heterocycles. The second-order valence-corrected chi connectivity index (χ2v) is 0. The molecule has 0 aliphatic carbocycles. The fraction of sp³-hybridized carbons (Fsp3) is 0. The third-order valence-electron chi connectivity index (χ3n) is 0. The largest absolute Gasteiger partial charge is 0 e. The van der Waals surface area contributed by atoms with Crippen LogP contribution in [-0.2, 0) is 306 Å². The zero-order valence-corrected chi connectivity index (χ0v) is 41.1. The van der Waals surface area contributed by atoms with Gasteiger partial charge in [-0.15, -0.1) is 0 Å². The van der Waals surface area contributed by atoms with E-state index in [4.69, 9.17) is 0 Å². The topological polar surface area (TPSA) is 0 Å². The zero-order chi connectivity index (χ0) is 2.00. The summed E-state index contributed by atoms with van der Waals surface area (Å²) in [7, 11) is 0. The van der Waals surface area contributed by atoms with E-state index in [-0.39, 0.29) is 384 Å². The molecule has 0 nitrogen and oxygen atoms in total. The van der Waals surface area contributed by atoms with Crippen molar-refractivity contribution in [2.24, 2.45) is 0 Å². The molecule has 0 aromatic heterocycles. The molecule has 0 aliphatic heterocycles. The van der Waals surface area contributed by atoms with Gasteiger partial charge in [0.2, 0.25) is 0 Å². The number of hydrogen-bond donors (Lipinski definition) is 0. The van der Waals surface area contributed by atoms with Crippen LogP contribution in [0.1, 0.15) is 0 Å². The van der Waals surface area contributed by atoms with Crippen LogP contribution in [0, 0.1) is 0 Å². The Hall–Kier alpha value is 13.6. The van der Waals surface area contributed by atoms with Crippen LogP contribution in [0.5, 0.6) is 0 Å². The summed E-state index contributed by atoms with van der Waals surface area (Å²) < 4.78 is 0. The van der Waals surface area contributed by atoms with Crippen LogP contribution in [0.15, 0.2) is 0 Å². The van der Waals surface area contributed by atoms with Gasteiger partial charge in [-0.3, -0.25) is 0 Å². The van der Waals surface area contributed by atoms with E-state index in [2.05, 4.69) is 17.3 Å². The van der Waals surface area contributed by atoms with E-state index in [1.807, 2.05) is 0 Å². The second-order valence-electron chi connectivity index (χ2n) is 0. The maximum atomic E-state index is 2.33. The first-order valence-electron chi connectivity index (χ1n) is 0.135. The molecule has 0 N–H and O–H groups in total. The summed E-state index contributed by atoms with van der Waals surface area (Å²) in [5.41, 5.74) is 0. The van der Waals surface area contributed by atoms with Gasteiger partial charge in [-0.25, -0.2) is 0 Å². The molecule has 0 aromatic carbocycles. The minimum Gasteiger partial charge on any atom is 0 e. The van der Waals surface area contributed by atoms with E-state index < -0.39 is 0 Å². The summed E-state index contributed by atoms with van der Waals surface area (Å²) >= 11 is 4.02. The van der Waals surface area contributed by atoms with Crippen LogP contribution < -0.4 is 0 Å². The third kappa shape index (κ3) is 193. The Bertz CT molecular complexity index is 98.1. The molecule has 22 heteroatoms. The van der Waals surface area contributed by atoms with Gasteiger partial charge in [-0.2, -0.15) is 0 Å². The Kier molecular flexibility index (Phi) is 1910. The summed E-state index contributed by atoms with van der Waals surface area (Å²) in [5, 5.41) is 0. The van der Waals surface area contributed by atoms with Gasteiger partial charge in [-0.1, -0.05) is 0 Å².